The number of fused-ring (bicyclic) bond motifs is 3. The van der Waals surface area contributed by atoms with Gasteiger partial charge in [0, 0.05) is 22.5 Å². The number of rotatable bonds is 5. The highest BCUT2D eigenvalue weighted by Crippen LogP contribution is 2.51. The van der Waals surface area contributed by atoms with Gasteiger partial charge >= 0.3 is 0 Å². The number of hydrogen-bond acceptors (Lipinski definition) is 1. The Hall–Kier alpha value is -4.88. The van der Waals surface area contributed by atoms with E-state index in [2.05, 4.69) is 171 Å². The number of anilines is 3. The van der Waals surface area contributed by atoms with Crippen molar-refractivity contribution in [3.8, 4) is 33.4 Å². The van der Waals surface area contributed by atoms with Gasteiger partial charge in [0.25, 0.3) is 0 Å². The van der Waals surface area contributed by atoms with E-state index in [0.29, 0.717) is 0 Å². The molecule has 0 spiro atoms. The molecule has 0 aromatic heterocycles. The zero-order valence-corrected chi connectivity index (χ0v) is 23.8. The Balaban J connectivity index is 1.34. The monoisotopic (exact) mass is 527 g/mol. The van der Waals surface area contributed by atoms with E-state index in [0.717, 1.165) is 11.4 Å². The van der Waals surface area contributed by atoms with Gasteiger partial charge in [0.15, 0.2) is 0 Å². The minimum atomic E-state index is -0.0628. The first-order valence-corrected chi connectivity index (χ1v) is 14.4. The van der Waals surface area contributed by atoms with Crippen molar-refractivity contribution < 1.29 is 0 Å². The number of hydrogen-bond donors (Lipinski definition) is 0. The molecule has 0 atom stereocenters. The van der Waals surface area contributed by atoms with E-state index < -0.39 is 0 Å². The molecule has 0 aliphatic heterocycles. The van der Waals surface area contributed by atoms with E-state index in [1.807, 2.05) is 0 Å². The summed E-state index contributed by atoms with van der Waals surface area (Å²) in [6.07, 6.45) is 0. The summed E-state index contributed by atoms with van der Waals surface area (Å²) in [7, 11) is 0. The van der Waals surface area contributed by atoms with Crippen molar-refractivity contribution in [2.24, 2.45) is 0 Å². The second-order valence-electron chi connectivity index (χ2n) is 11.6. The molecule has 0 saturated heterocycles. The van der Waals surface area contributed by atoms with Crippen molar-refractivity contribution in [1.82, 2.24) is 0 Å². The molecule has 0 heterocycles. The van der Waals surface area contributed by atoms with Gasteiger partial charge in [-0.1, -0.05) is 129 Å². The highest BCUT2D eigenvalue weighted by Gasteiger charge is 2.36. The van der Waals surface area contributed by atoms with Crippen LogP contribution in [0, 0.1) is 6.92 Å². The molecule has 0 radical (unpaired) electrons. The van der Waals surface area contributed by atoms with E-state index in [1.165, 1.54) is 55.8 Å². The minimum Gasteiger partial charge on any atom is -0.310 e. The largest absolute Gasteiger partial charge is 0.310 e. The van der Waals surface area contributed by atoms with Gasteiger partial charge in [-0.05, 0) is 87.8 Å². The van der Waals surface area contributed by atoms with E-state index in [-0.39, 0.29) is 5.41 Å². The summed E-state index contributed by atoms with van der Waals surface area (Å²) < 4.78 is 0. The van der Waals surface area contributed by atoms with Crippen LogP contribution < -0.4 is 4.90 Å². The molecule has 1 nitrogen and oxygen atoms in total. The van der Waals surface area contributed by atoms with Crippen molar-refractivity contribution in [1.29, 1.82) is 0 Å². The van der Waals surface area contributed by atoms with Gasteiger partial charge < -0.3 is 4.90 Å². The average molecular weight is 528 g/mol. The average Bonchev–Trinajstić information content (AvgIpc) is 3.24. The van der Waals surface area contributed by atoms with E-state index in [1.54, 1.807) is 0 Å². The second-order valence-corrected chi connectivity index (χ2v) is 11.6. The van der Waals surface area contributed by atoms with E-state index in [4.69, 9.17) is 0 Å². The molecular weight excluding hydrogens is 494 g/mol. The predicted molar refractivity (Wildman–Crippen MR) is 174 cm³/mol. The first-order valence-electron chi connectivity index (χ1n) is 14.4. The first kappa shape index (κ1) is 25.1. The number of aryl methyl sites for hydroxylation is 1. The fraction of sp³-hybridized carbons (Fsp3) is 0.100. The van der Waals surface area contributed by atoms with Crippen LogP contribution in [0.25, 0.3) is 33.4 Å². The third kappa shape index (κ3) is 4.44. The van der Waals surface area contributed by atoms with Crippen LogP contribution in [0.4, 0.5) is 17.1 Å². The Kier molecular flexibility index (Phi) is 6.09. The van der Waals surface area contributed by atoms with Crippen molar-refractivity contribution in [2.45, 2.75) is 26.2 Å². The molecule has 1 aliphatic rings. The molecule has 0 saturated carbocycles. The Labute approximate surface area is 243 Å². The zero-order chi connectivity index (χ0) is 28.0. The van der Waals surface area contributed by atoms with Crippen molar-refractivity contribution >= 4 is 17.1 Å². The fourth-order valence-electron chi connectivity index (χ4n) is 6.29. The van der Waals surface area contributed by atoms with Crippen LogP contribution in [0.2, 0.25) is 0 Å². The lowest BCUT2D eigenvalue weighted by atomic mass is 9.82. The van der Waals surface area contributed by atoms with Crippen LogP contribution in [-0.4, -0.2) is 0 Å². The fourth-order valence-corrected chi connectivity index (χ4v) is 6.29. The Bertz CT molecular complexity index is 1750. The topological polar surface area (TPSA) is 3.24 Å². The maximum Gasteiger partial charge on any atom is 0.0465 e. The van der Waals surface area contributed by atoms with Gasteiger partial charge in [0.05, 0.1) is 0 Å². The van der Waals surface area contributed by atoms with Gasteiger partial charge in [-0.2, -0.15) is 0 Å². The van der Waals surface area contributed by atoms with Crippen LogP contribution in [-0.2, 0) is 5.41 Å². The predicted octanol–water partition coefficient (Wildman–Crippen LogP) is 11.1. The lowest BCUT2D eigenvalue weighted by Gasteiger charge is -2.28. The van der Waals surface area contributed by atoms with E-state index >= 15 is 0 Å². The maximum atomic E-state index is 2.40. The summed E-state index contributed by atoms with van der Waals surface area (Å²) in [6.45, 7) is 6.90. The molecule has 0 amide bonds. The van der Waals surface area contributed by atoms with Gasteiger partial charge in [0.2, 0.25) is 0 Å². The van der Waals surface area contributed by atoms with Crippen LogP contribution >= 0.6 is 0 Å². The summed E-state index contributed by atoms with van der Waals surface area (Å²) >= 11 is 0. The molecule has 1 aliphatic carbocycles. The summed E-state index contributed by atoms with van der Waals surface area (Å²) in [5.41, 5.74) is 15.1. The molecule has 1 heteroatoms. The molecular formula is C40H33N. The lowest BCUT2D eigenvalue weighted by molar-refractivity contribution is 0.660. The van der Waals surface area contributed by atoms with Crippen LogP contribution in [0.1, 0.15) is 30.5 Å². The maximum absolute atomic E-state index is 2.40. The molecule has 198 valence electrons. The van der Waals surface area contributed by atoms with Gasteiger partial charge in [-0.25, -0.2) is 0 Å². The molecule has 0 fully saturated rings. The highest BCUT2D eigenvalue weighted by molar-refractivity contribution is 5.86. The molecule has 41 heavy (non-hydrogen) atoms. The third-order valence-corrected chi connectivity index (χ3v) is 8.54. The van der Waals surface area contributed by atoms with Crippen molar-refractivity contribution in [2.75, 3.05) is 4.90 Å². The number of benzene rings is 6. The van der Waals surface area contributed by atoms with Gasteiger partial charge in [-0.3, -0.25) is 0 Å². The first-order chi connectivity index (χ1) is 20.0. The van der Waals surface area contributed by atoms with Crippen LogP contribution in [0.5, 0.6) is 0 Å². The Morgan fingerprint density at radius 1 is 0.415 bits per heavy atom. The van der Waals surface area contributed by atoms with Crippen molar-refractivity contribution in [3.63, 3.8) is 0 Å². The quantitative estimate of drug-likeness (QED) is 0.215. The van der Waals surface area contributed by atoms with Gasteiger partial charge in [-0.15, -0.1) is 0 Å². The Morgan fingerprint density at radius 3 is 1.34 bits per heavy atom. The molecule has 0 N–H and O–H groups in total. The van der Waals surface area contributed by atoms with Crippen LogP contribution in [0.15, 0.2) is 146 Å². The summed E-state index contributed by atoms with van der Waals surface area (Å²) in [5, 5.41) is 0. The summed E-state index contributed by atoms with van der Waals surface area (Å²) in [5.74, 6) is 0. The standard InChI is InChI=1S/C40H33N/c1-28-14-24-36-37-25-23-35(27-39(37)40(2,3)38(36)26-28)41(33-19-15-31(16-20-33)29-10-6-4-7-11-29)34-21-17-32(18-22-34)30-12-8-5-9-13-30/h4-27H,1-3H3. The Morgan fingerprint density at radius 2 is 0.829 bits per heavy atom. The summed E-state index contributed by atoms with van der Waals surface area (Å²) in [4.78, 5) is 2.38. The number of nitrogens with zero attached hydrogens (tertiary/aromatic N) is 1. The summed E-state index contributed by atoms with van der Waals surface area (Å²) in [6, 6.07) is 52.9. The normalized spacial score (nSPS) is 13.0. The van der Waals surface area contributed by atoms with Crippen molar-refractivity contribution in [3.05, 3.63) is 162 Å². The molecule has 0 bridgehead atoms. The smallest absolute Gasteiger partial charge is 0.0465 e. The zero-order valence-electron chi connectivity index (χ0n) is 23.8. The second kappa shape index (κ2) is 9.94. The molecule has 0 unspecified atom stereocenters. The van der Waals surface area contributed by atoms with E-state index in [9.17, 15) is 0 Å². The highest BCUT2D eigenvalue weighted by atomic mass is 15.1. The molecule has 6 aromatic rings. The molecule has 7 rings (SSSR count). The third-order valence-electron chi connectivity index (χ3n) is 8.54. The van der Waals surface area contributed by atoms with Crippen LogP contribution in [0.3, 0.4) is 0 Å². The SMILES string of the molecule is Cc1ccc2c(c1)C(C)(C)c1cc(N(c3ccc(-c4ccccc4)cc3)c3ccc(-c4ccccc4)cc3)ccc1-2. The lowest BCUT2D eigenvalue weighted by Crippen LogP contribution is -2.16. The molecule has 6 aromatic carbocycles. The minimum absolute atomic E-state index is 0.0628. The van der Waals surface area contributed by atoms with Gasteiger partial charge in [0.1, 0.15) is 0 Å².